The second-order valence-corrected chi connectivity index (χ2v) is 6.29. The zero-order chi connectivity index (χ0) is 19.6. The first-order chi connectivity index (χ1) is 13.0. The summed E-state index contributed by atoms with van der Waals surface area (Å²) in [7, 11) is 1.31. The van der Waals surface area contributed by atoms with Crippen LogP contribution in [0.25, 0.3) is 11.0 Å². The molecule has 3 rings (SSSR count). The van der Waals surface area contributed by atoms with E-state index in [-0.39, 0.29) is 12.4 Å². The molecule has 0 aliphatic rings. The van der Waals surface area contributed by atoms with Crippen molar-refractivity contribution in [2.75, 3.05) is 13.7 Å². The van der Waals surface area contributed by atoms with Gasteiger partial charge in [0.25, 0.3) is 0 Å². The van der Waals surface area contributed by atoms with Gasteiger partial charge < -0.3 is 14.1 Å². The van der Waals surface area contributed by atoms with Crippen LogP contribution in [0.4, 0.5) is 0 Å². The van der Waals surface area contributed by atoms with Gasteiger partial charge in [0.05, 0.1) is 12.7 Å². The van der Waals surface area contributed by atoms with Crippen molar-refractivity contribution < 1.29 is 19.2 Å². The Balaban J connectivity index is 1.79. The molecule has 2 aromatic heterocycles. The van der Waals surface area contributed by atoms with Crippen LogP contribution in [0.5, 0.6) is 0 Å². The van der Waals surface area contributed by atoms with Gasteiger partial charge in [-0.15, -0.1) is 5.10 Å². The van der Waals surface area contributed by atoms with E-state index < -0.39 is 5.97 Å². The number of benzene rings is 1. The minimum Gasteiger partial charge on any atom is -0.465 e. The monoisotopic (exact) mass is 370 g/mol. The number of nitrogens with zero attached hydrogens (tertiary/aromatic N) is 4. The Morgan fingerprint density at radius 3 is 2.67 bits per heavy atom. The Morgan fingerprint density at radius 2 is 1.96 bits per heavy atom. The summed E-state index contributed by atoms with van der Waals surface area (Å²) in [6, 6.07) is 6.69. The number of fused-ring (bicyclic) bond motifs is 1. The summed E-state index contributed by atoms with van der Waals surface area (Å²) in [5, 5.41) is 7.87. The Kier molecular flexibility index (Phi) is 5.25. The van der Waals surface area contributed by atoms with Crippen molar-refractivity contribution >= 4 is 22.8 Å². The molecule has 0 saturated carbocycles. The quantitative estimate of drug-likeness (QED) is 0.469. The van der Waals surface area contributed by atoms with Crippen LogP contribution in [0, 0.1) is 13.8 Å². The predicted octanol–water partition coefficient (Wildman–Crippen LogP) is 2.36. The smallest absolute Gasteiger partial charge is 0.337 e. The van der Waals surface area contributed by atoms with Crippen molar-refractivity contribution in [1.29, 1.82) is 0 Å². The topological polar surface area (TPSA) is 88.2 Å². The van der Waals surface area contributed by atoms with Crippen LogP contribution < -0.4 is 4.84 Å². The van der Waals surface area contributed by atoms with Crippen molar-refractivity contribution in [3.05, 3.63) is 46.8 Å². The summed E-state index contributed by atoms with van der Waals surface area (Å²) in [6.45, 7) is 6.71. The van der Waals surface area contributed by atoms with E-state index in [1.54, 1.807) is 18.2 Å². The minimum absolute atomic E-state index is 0.141. The normalized spacial score (nSPS) is 11.0. The van der Waals surface area contributed by atoms with E-state index in [9.17, 15) is 9.59 Å². The fourth-order valence-electron chi connectivity index (χ4n) is 3.09. The molecule has 0 radical (unpaired) electrons. The highest BCUT2D eigenvalue weighted by molar-refractivity contribution is 5.98. The van der Waals surface area contributed by atoms with Crippen LogP contribution >= 0.6 is 0 Å². The van der Waals surface area contributed by atoms with Crippen molar-refractivity contribution in [3.63, 3.8) is 0 Å². The Labute approximate surface area is 156 Å². The number of aromatic nitrogens is 4. The van der Waals surface area contributed by atoms with Crippen LogP contribution in [0.2, 0.25) is 0 Å². The van der Waals surface area contributed by atoms with Gasteiger partial charge >= 0.3 is 5.97 Å². The zero-order valence-electron chi connectivity index (χ0n) is 15.9. The van der Waals surface area contributed by atoms with Crippen molar-refractivity contribution in [2.24, 2.45) is 0 Å². The first-order valence-electron chi connectivity index (χ1n) is 8.73. The second kappa shape index (κ2) is 7.61. The lowest BCUT2D eigenvalue weighted by Gasteiger charge is -2.08. The van der Waals surface area contributed by atoms with E-state index in [0.29, 0.717) is 22.2 Å². The standard InChI is InChI=1S/C19H22N4O4/c1-5-8-22-12(2)9-15(13(22)3)18(24)11-27-23-17-10-14(19(25)26-4)6-7-16(17)20-21-23/h6-7,9-10H,5,8,11H2,1-4H3. The summed E-state index contributed by atoms with van der Waals surface area (Å²) in [5.74, 6) is -0.609. The van der Waals surface area contributed by atoms with Crippen LogP contribution in [-0.2, 0) is 11.3 Å². The summed E-state index contributed by atoms with van der Waals surface area (Å²) in [5.41, 5.74) is 4.01. The molecule has 8 nitrogen and oxygen atoms in total. The number of rotatable bonds is 7. The lowest BCUT2D eigenvalue weighted by atomic mass is 10.1. The average molecular weight is 370 g/mol. The summed E-state index contributed by atoms with van der Waals surface area (Å²) in [4.78, 5) is 31.0. The minimum atomic E-state index is -0.468. The number of aryl methyl sites for hydroxylation is 1. The van der Waals surface area contributed by atoms with E-state index in [4.69, 9.17) is 9.57 Å². The summed E-state index contributed by atoms with van der Waals surface area (Å²) in [6.07, 6.45) is 0.994. The molecule has 0 atom stereocenters. The van der Waals surface area contributed by atoms with Crippen LogP contribution in [-0.4, -0.2) is 45.2 Å². The molecule has 0 unspecified atom stereocenters. The molecule has 0 saturated heterocycles. The zero-order valence-corrected chi connectivity index (χ0v) is 15.9. The Bertz CT molecular complexity index is 1000. The highest BCUT2D eigenvalue weighted by Gasteiger charge is 2.17. The number of methoxy groups -OCH3 is 1. The van der Waals surface area contributed by atoms with E-state index in [2.05, 4.69) is 21.8 Å². The number of hydrogen-bond acceptors (Lipinski definition) is 6. The van der Waals surface area contributed by atoms with Crippen LogP contribution in [0.1, 0.15) is 45.4 Å². The Hall–Kier alpha value is -3.16. The maximum atomic E-state index is 12.6. The predicted molar refractivity (Wildman–Crippen MR) is 98.8 cm³/mol. The van der Waals surface area contributed by atoms with Gasteiger partial charge in [-0.05, 0) is 49.7 Å². The van der Waals surface area contributed by atoms with Crippen LogP contribution in [0.3, 0.4) is 0 Å². The lowest BCUT2D eigenvalue weighted by Crippen LogP contribution is -2.21. The first kappa shape index (κ1) is 18.6. The molecule has 0 aliphatic carbocycles. The molecule has 0 amide bonds. The lowest BCUT2D eigenvalue weighted by molar-refractivity contribution is 0.0595. The second-order valence-electron chi connectivity index (χ2n) is 6.29. The summed E-state index contributed by atoms with van der Waals surface area (Å²) >= 11 is 0. The molecular formula is C19H22N4O4. The van der Waals surface area contributed by atoms with Gasteiger partial charge in [-0.3, -0.25) is 4.79 Å². The third-order valence-corrected chi connectivity index (χ3v) is 4.48. The Morgan fingerprint density at radius 1 is 1.19 bits per heavy atom. The van der Waals surface area contributed by atoms with Gasteiger partial charge in [0, 0.05) is 23.5 Å². The number of Topliss-reactive ketones (excluding diaryl/α,β-unsaturated/α-hetero) is 1. The fraction of sp³-hybridized carbons (Fsp3) is 0.368. The molecule has 3 aromatic rings. The highest BCUT2D eigenvalue weighted by Crippen LogP contribution is 2.17. The van der Waals surface area contributed by atoms with Gasteiger partial charge in [0.1, 0.15) is 11.0 Å². The molecule has 0 bridgehead atoms. The number of ether oxygens (including phenoxy) is 1. The number of carbonyl (C=O) groups is 2. The van der Waals surface area contributed by atoms with E-state index in [1.807, 2.05) is 19.9 Å². The molecule has 142 valence electrons. The molecule has 0 aliphatic heterocycles. The number of esters is 1. The van der Waals surface area contributed by atoms with Gasteiger partial charge in [-0.25, -0.2) is 4.79 Å². The molecule has 0 spiro atoms. The highest BCUT2D eigenvalue weighted by atomic mass is 16.7. The SMILES string of the molecule is CCCn1c(C)cc(C(=O)COn2nnc3ccc(C(=O)OC)cc32)c1C. The largest absolute Gasteiger partial charge is 0.465 e. The van der Waals surface area contributed by atoms with Gasteiger partial charge in [-0.1, -0.05) is 11.8 Å². The molecule has 0 fully saturated rings. The van der Waals surface area contributed by atoms with Crippen molar-refractivity contribution in [2.45, 2.75) is 33.7 Å². The molecule has 2 heterocycles. The number of carbonyl (C=O) groups excluding carboxylic acids is 2. The van der Waals surface area contributed by atoms with E-state index in [0.717, 1.165) is 29.2 Å². The molecule has 8 heteroatoms. The molecule has 27 heavy (non-hydrogen) atoms. The maximum absolute atomic E-state index is 12.6. The maximum Gasteiger partial charge on any atom is 0.337 e. The molecule has 1 aromatic carbocycles. The first-order valence-corrected chi connectivity index (χ1v) is 8.73. The van der Waals surface area contributed by atoms with Gasteiger partial charge in [-0.2, -0.15) is 0 Å². The van der Waals surface area contributed by atoms with Crippen LogP contribution in [0.15, 0.2) is 24.3 Å². The van der Waals surface area contributed by atoms with Crippen molar-refractivity contribution in [3.8, 4) is 0 Å². The van der Waals surface area contributed by atoms with Gasteiger partial charge in [0.15, 0.2) is 6.61 Å². The van der Waals surface area contributed by atoms with E-state index in [1.165, 1.54) is 7.11 Å². The van der Waals surface area contributed by atoms with Crippen molar-refractivity contribution in [1.82, 2.24) is 19.7 Å². The fourth-order valence-corrected chi connectivity index (χ4v) is 3.09. The third kappa shape index (κ3) is 3.55. The number of hydrogen-bond donors (Lipinski definition) is 0. The number of ketones is 1. The summed E-state index contributed by atoms with van der Waals surface area (Å²) < 4.78 is 6.84. The van der Waals surface area contributed by atoms with Gasteiger partial charge in [0.2, 0.25) is 5.78 Å². The average Bonchev–Trinajstić information content (AvgIpc) is 3.20. The van der Waals surface area contributed by atoms with E-state index >= 15 is 0 Å². The molecular weight excluding hydrogens is 348 g/mol. The third-order valence-electron chi connectivity index (χ3n) is 4.48. The molecule has 0 N–H and O–H groups in total.